The molecule has 5 aromatic rings. The van der Waals surface area contributed by atoms with E-state index in [1.807, 2.05) is 36.4 Å². The number of carbonyl (C=O) groups is 1. The molecule has 0 aliphatic rings. The first-order valence-corrected chi connectivity index (χ1v) is 11.0. The third-order valence-corrected chi connectivity index (χ3v) is 5.55. The van der Waals surface area contributed by atoms with E-state index in [1.165, 1.54) is 11.8 Å². The van der Waals surface area contributed by atoms with E-state index in [0.29, 0.717) is 0 Å². The summed E-state index contributed by atoms with van der Waals surface area (Å²) in [5.74, 6) is -0.189. The van der Waals surface area contributed by atoms with E-state index in [2.05, 4.69) is 76.6 Å². The average molecular weight is 446 g/mol. The zero-order chi connectivity index (χ0) is 23.3. The number of nitrogens with one attached hydrogen (secondary N) is 1. The van der Waals surface area contributed by atoms with Gasteiger partial charge in [-0.3, -0.25) is 4.79 Å². The van der Waals surface area contributed by atoms with Crippen molar-refractivity contribution < 1.29 is 9.21 Å². The Balaban J connectivity index is 1.67. The quantitative estimate of drug-likeness (QED) is 0.240. The third kappa shape index (κ3) is 4.32. The lowest BCUT2D eigenvalue weighted by Crippen LogP contribution is -2.16. The Labute approximate surface area is 198 Å². The van der Waals surface area contributed by atoms with Crippen LogP contribution in [0.15, 0.2) is 119 Å². The molecule has 0 aliphatic heterocycles. The maximum Gasteiger partial charge on any atom is 0.307 e. The van der Waals surface area contributed by atoms with Crippen molar-refractivity contribution in [3.63, 3.8) is 0 Å². The fraction of sp³-hybridized carbons (Fsp3) is 0.0345. The highest BCUT2D eigenvalue weighted by atomic mass is 16.3. The first-order chi connectivity index (χ1) is 16.7. The van der Waals surface area contributed by atoms with Gasteiger partial charge in [-0.05, 0) is 48.4 Å². The Bertz CT molecular complexity index is 1420. The van der Waals surface area contributed by atoms with Gasteiger partial charge in [-0.25, -0.2) is 5.43 Å². The summed E-state index contributed by atoms with van der Waals surface area (Å²) in [4.78, 5) is 12.3. The Morgan fingerprint density at radius 2 is 1.53 bits per heavy atom. The third-order valence-electron chi connectivity index (χ3n) is 5.55. The minimum Gasteiger partial charge on any atom is -0.459 e. The Kier molecular flexibility index (Phi) is 5.91. The summed E-state index contributed by atoms with van der Waals surface area (Å²) in [5, 5.41) is 4.24. The minimum absolute atomic E-state index is 0.211. The topological polar surface area (TPSA) is 59.5 Å². The second-order valence-electron chi connectivity index (χ2n) is 7.91. The molecule has 0 bridgehead atoms. The van der Waals surface area contributed by atoms with E-state index < -0.39 is 5.91 Å². The molecule has 0 atom stereocenters. The fourth-order valence-corrected chi connectivity index (χ4v) is 3.93. The lowest BCUT2D eigenvalue weighted by atomic mass is 10.1. The van der Waals surface area contributed by atoms with Gasteiger partial charge in [0, 0.05) is 11.3 Å². The number of aromatic nitrogens is 1. The number of nitrogens with zero attached hydrogens (tertiary/aromatic N) is 2. The van der Waals surface area contributed by atoms with Gasteiger partial charge in [0.05, 0.1) is 23.9 Å². The van der Waals surface area contributed by atoms with Gasteiger partial charge < -0.3 is 8.98 Å². The second kappa shape index (κ2) is 9.46. The first kappa shape index (κ1) is 21.2. The molecule has 5 heteroatoms. The van der Waals surface area contributed by atoms with Gasteiger partial charge in [0.2, 0.25) is 0 Å². The molecule has 0 fully saturated rings. The number of aryl methyl sites for hydroxylation is 1. The summed E-state index contributed by atoms with van der Waals surface area (Å²) in [7, 11) is 0. The summed E-state index contributed by atoms with van der Waals surface area (Å²) >= 11 is 0. The molecule has 2 aromatic heterocycles. The van der Waals surface area contributed by atoms with E-state index >= 15 is 0 Å². The summed E-state index contributed by atoms with van der Waals surface area (Å²) in [6.45, 7) is 2.08. The predicted molar refractivity (Wildman–Crippen MR) is 135 cm³/mol. The fourth-order valence-electron chi connectivity index (χ4n) is 3.93. The van der Waals surface area contributed by atoms with Crippen LogP contribution in [0, 0.1) is 6.92 Å². The van der Waals surface area contributed by atoms with Gasteiger partial charge in [0.1, 0.15) is 0 Å². The van der Waals surface area contributed by atoms with Crippen LogP contribution in [-0.2, 0) is 0 Å². The zero-order valence-corrected chi connectivity index (χ0v) is 18.7. The van der Waals surface area contributed by atoms with Crippen LogP contribution >= 0.6 is 0 Å². The highest BCUT2D eigenvalue weighted by Crippen LogP contribution is 2.35. The van der Waals surface area contributed by atoms with Crippen molar-refractivity contribution in [1.82, 2.24) is 9.99 Å². The second-order valence-corrected chi connectivity index (χ2v) is 7.91. The number of hydrogen-bond donors (Lipinski definition) is 1. The Hall–Kier alpha value is -4.64. The molecule has 34 heavy (non-hydrogen) atoms. The van der Waals surface area contributed by atoms with E-state index in [9.17, 15) is 4.79 Å². The lowest BCUT2D eigenvalue weighted by molar-refractivity contribution is 0.0927. The standard InChI is InChI=1S/C29H23N3O2/c1-21-14-16-25(17-15-21)32-26(22-9-4-2-5-10-22)19-24(28(32)23-11-6-3-7-12-23)20-30-31-29(33)27-13-8-18-34-27/h2-20H,1H3,(H,31,33)/b30-20+. The Morgan fingerprint density at radius 3 is 2.18 bits per heavy atom. The van der Waals surface area contributed by atoms with Crippen molar-refractivity contribution in [3.05, 3.63) is 126 Å². The SMILES string of the molecule is Cc1ccc(-n2c(-c3ccccc3)cc(/C=N/NC(=O)c3ccco3)c2-c2ccccc2)cc1. The summed E-state index contributed by atoms with van der Waals surface area (Å²) in [6, 6.07) is 34.3. The molecule has 5 nitrogen and oxygen atoms in total. The molecule has 0 radical (unpaired) electrons. The lowest BCUT2D eigenvalue weighted by Gasteiger charge is -2.15. The molecule has 3 aromatic carbocycles. The van der Waals surface area contributed by atoms with Crippen LogP contribution in [-0.4, -0.2) is 16.7 Å². The highest BCUT2D eigenvalue weighted by Gasteiger charge is 2.18. The number of benzene rings is 3. The molecular weight excluding hydrogens is 422 g/mol. The minimum atomic E-state index is -0.399. The summed E-state index contributed by atoms with van der Waals surface area (Å²) in [5.41, 5.74) is 9.82. The van der Waals surface area contributed by atoms with E-state index in [-0.39, 0.29) is 5.76 Å². The monoisotopic (exact) mass is 445 g/mol. The van der Waals surface area contributed by atoms with Crippen molar-refractivity contribution in [2.75, 3.05) is 0 Å². The highest BCUT2D eigenvalue weighted by molar-refractivity contribution is 5.95. The van der Waals surface area contributed by atoms with Crippen LogP contribution < -0.4 is 5.43 Å². The number of amides is 1. The van der Waals surface area contributed by atoms with E-state index in [1.54, 1.807) is 18.3 Å². The summed E-state index contributed by atoms with van der Waals surface area (Å²) in [6.07, 6.45) is 3.14. The van der Waals surface area contributed by atoms with E-state index in [4.69, 9.17) is 4.42 Å². The maximum atomic E-state index is 12.3. The molecule has 166 valence electrons. The molecule has 0 spiro atoms. The average Bonchev–Trinajstić information content (AvgIpc) is 3.54. The van der Waals surface area contributed by atoms with Crippen LogP contribution in [0.2, 0.25) is 0 Å². The Morgan fingerprint density at radius 1 is 0.853 bits per heavy atom. The van der Waals surface area contributed by atoms with Crippen LogP contribution in [0.25, 0.3) is 28.2 Å². The number of hydrazone groups is 1. The first-order valence-electron chi connectivity index (χ1n) is 11.0. The van der Waals surface area contributed by atoms with Crippen molar-refractivity contribution in [2.24, 2.45) is 5.10 Å². The molecule has 0 saturated heterocycles. The molecule has 2 heterocycles. The van der Waals surface area contributed by atoms with Gasteiger partial charge >= 0.3 is 5.91 Å². The van der Waals surface area contributed by atoms with Crippen molar-refractivity contribution >= 4 is 12.1 Å². The van der Waals surface area contributed by atoms with E-state index in [0.717, 1.165) is 33.8 Å². The van der Waals surface area contributed by atoms with Crippen molar-refractivity contribution in [2.45, 2.75) is 6.92 Å². The number of rotatable bonds is 6. The largest absolute Gasteiger partial charge is 0.459 e. The smallest absolute Gasteiger partial charge is 0.307 e. The molecule has 0 aliphatic carbocycles. The zero-order valence-electron chi connectivity index (χ0n) is 18.7. The van der Waals surface area contributed by atoms with Gasteiger partial charge in [0.15, 0.2) is 5.76 Å². The summed E-state index contributed by atoms with van der Waals surface area (Å²) < 4.78 is 7.39. The van der Waals surface area contributed by atoms with Crippen LogP contribution in [0.4, 0.5) is 0 Å². The van der Waals surface area contributed by atoms with Crippen LogP contribution in [0.5, 0.6) is 0 Å². The number of furan rings is 1. The molecule has 5 rings (SSSR count). The normalized spacial score (nSPS) is 11.1. The van der Waals surface area contributed by atoms with Crippen LogP contribution in [0.3, 0.4) is 0 Å². The van der Waals surface area contributed by atoms with Gasteiger partial charge in [0.25, 0.3) is 0 Å². The molecule has 1 amide bonds. The maximum absolute atomic E-state index is 12.3. The predicted octanol–water partition coefficient (Wildman–Crippen LogP) is 6.48. The van der Waals surface area contributed by atoms with Crippen molar-refractivity contribution in [3.8, 4) is 28.2 Å². The number of hydrogen-bond acceptors (Lipinski definition) is 3. The molecular formula is C29H23N3O2. The van der Waals surface area contributed by atoms with Crippen molar-refractivity contribution in [1.29, 1.82) is 0 Å². The molecule has 0 unspecified atom stereocenters. The molecule has 0 saturated carbocycles. The molecule has 1 N–H and O–H groups in total. The van der Waals surface area contributed by atoms with Gasteiger partial charge in [-0.2, -0.15) is 5.10 Å². The van der Waals surface area contributed by atoms with Gasteiger partial charge in [-0.1, -0.05) is 78.4 Å². The number of carbonyl (C=O) groups excluding carboxylic acids is 1. The van der Waals surface area contributed by atoms with Gasteiger partial charge in [-0.15, -0.1) is 0 Å². The van der Waals surface area contributed by atoms with Crippen LogP contribution in [0.1, 0.15) is 21.7 Å².